The molecule has 5 rings (SSSR count). The first-order chi connectivity index (χ1) is 18.8. The quantitative estimate of drug-likeness (QED) is 0.578. The van der Waals surface area contributed by atoms with E-state index in [0.29, 0.717) is 58.5 Å². The van der Waals surface area contributed by atoms with Crippen LogP contribution in [0.15, 0.2) is 36.4 Å². The minimum atomic E-state index is -0.576. The Hall–Kier alpha value is -2.71. The second kappa shape index (κ2) is 12.2. The Bertz CT molecular complexity index is 1080. The van der Waals surface area contributed by atoms with E-state index < -0.39 is 11.5 Å². The molecule has 0 bridgehead atoms. The number of fused-ring (bicyclic) bond motifs is 2. The summed E-state index contributed by atoms with van der Waals surface area (Å²) in [5.41, 5.74) is 1.68. The van der Waals surface area contributed by atoms with Crippen LogP contribution in [0.5, 0.6) is 0 Å². The highest BCUT2D eigenvalue weighted by Gasteiger charge is 2.43. The first-order valence-electron chi connectivity index (χ1n) is 14.8. The van der Waals surface area contributed by atoms with Crippen LogP contribution in [0.4, 0.5) is 5.69 Å². The summed E-state index contributed by atoms with van der Waals surface area (Å²) in [6.45, 7) is 7.92. The topological polar surface area (TPSA) is 91.0 Å². The molecule has 4 aliphatic rings. The molecule has 3 atom stereocenters. The molecular weight excluding hydrogens is 492 g/mol. The number of amides is 3. The minimum Gasteiger partial charge on any atom is -0.381 e. The van der Waals surface area contributed by atoms with E-state index in [1.165, 1.54) is 5.56 Å². The minimum absolute atomic E-state index is 0.0310. The number of benzene rings is 1. The second-order valence-electron chi connectivity index (χ2n) is 12.3. The molecule has 3 amide bonds. The van der Waals surface area contributed by atoms with Gasteiger partial charge in [-0.25, -0.2) is 0 Å². The van der Waals surface area contributed by atoms with Crippen molar-refractivity contribution in [3.05, 3.63) is 42.0 Å². The number of para-hydroxylation sites is 1. The van der Waals surface area contributed by atoms with Gasteiger partial charge in [-0.15, -0.1) is 0 Å². The number of anilines is 1. The summed E-state index contributed by atoms with van der Waals surface area (Å²) in [6, 6.07) is 7.65. The van der Waals surface area contributed by atoms with Gasteiger partial charge in [0.2, 0.25) is 17.7 Å². The molecule has 0 radical (unpaired) electrons. The number of hydrogen-bond donors (Lipinski definition) is 2. The van der Waals surface area contributed by atoms with Gasteiger partial charge in [-0.1, -0.05) is 44.2 Å². The number of nitrogens with one attached hydrogen (secondary N) is 2. The Balaban J connectivity index is 1.27. The number of carbonyl (C=O) groups excluding carboxylic acids is 3. The van der Waals surface area contributed by atoms with Crippen LogP contribution in [0.3, 0.4) is 0 Å². The maximum absolute atomic E-state index is 13.9. The van der Waals surface area contributed by atoms with Gasteiger partial charge in [-0.05, 0) is 75.6 Å². The third-order valence-electron chi connectivity index (χ3n) is 9.09. The average molecular weight is 537 g/mol. The molecule has 0 unspecified atom stereocenters. The predicted molar refractivity (Wildman–Crippen MR) is 151 cm³/mol. The third-order valence-corrected chi connectivity index (χ3v) is 9.09. The van der Waals surface area contributed by atoms with E-state index in [4.69, 9.17) is 4.74 Å². The summed E-state index contributed by atoms with van der Waals surface area (Å²) in [6.07, 6.45) is 9.44. The molecule has 2 saturated heterocycles. The van der Waals surface area contributed by atoms with Crippen LogP contribution >= 0.6 is 0 Å². The molecule has 1 aromatic carbocycles. The summed E-state index contributed by atoms with van der Waals surface area (Å²) >= 11 is 0. The lowest BCUT2D eigenvalue weighted by atomic mass is 9.74. The fraction of sp³-hybridized carbons (Fsp3) is 0.645. The summed E-state index contributed by atoms with van der Waals surface area (Å²) in [4.78, 5) is 44.5. The van der Waals surface area contributed by atoms with Crippen molar-refractivity contribution in [2.75, 3.05) is 44.3 Å². The zero-order chi connectivity index (χ0) is 27.4. The molecule has 8 heteroatoms. The number of ether oxygens (including phenoxy) is 1. The van der Waals surface area contributed by atoms with E-state index in [-0.39, 0.29) is 35.6 Å². The Morgan fingerprint density at radius 3 is 2.69 bits per heavy atom. The van der Waals surface area contributed by atoms with Gasteiger partial charge in [-0.2, -0.15) is 0 Å². The fourth-order valence-corrected chi connectivity index (χ4v) is 6.63. The van der Waals surface area contributed by atoms with Crippen molar-refractivity contribution < 1.29 is 19.1 Å². The van der Waals surface area contributed by atoms with Gasteiger partial charge in [0.25, 0.3) is 0 Å². The largest absolute Gasteiger partial charge is 0.381 e. The molecule has 0 aliphatic carbocycles. The average Bonchev–Trinajstić information content (AvgIpc) is 3.36. The molecule has 4 aliphatic heterocycles. The monoisotopic (exact) mass is 536 g/mol. The van der Waals surface area contributed by atoms with Gasteiger partial charge in [-0.3, -0.25) is 19.3 Å². The van der Waals surface area contributed by atoms with Gasteiger partial charge in [0.15, 0.2) is 0 Å². The molecule has 1 aromatic rings. The van der Waals surface area contributed by atoms with Crippen molar-refractivity contribution >= 4 is 23.4 Å². The molecular formula is C31H44N4O4. The van der Waals surface area contributed by atoms with Crippen molar-refractivity contribution in [1.82, 2.24) is 15.5 Å². The maximum Gasteiger partial charge on any atom is 0.242 e. The van der Waals surface area contributed by atoms with Crippen molar-refractivity contribution in [3.63, 3.8) is 0 Å². The summed E-state index contributed by atoms with van der Waals surface area (Å²) < 4.78 is 5.73. The van der Waals surface area contributed by atoms with Crippen LogP contribution in [-0.2, 0) is 25.5 Å². The smallest absolute Gasteiger partial charge is 0.242 e. The standard InChI is InChI=1S/C31H44N4O4/c1-22(2)19-26-29(37)32-25-11-18-39-21-24(25)8-5-6-12-31(30(38)33-26)13-16-34(17-14-31)20-28(36)35-15-10-23-7-3-4-9-27(23)35/h3-7,9,22,24-26H,8,10-21H2,1-2H3,(H,32,37)(H,33,38)/b6-5-/t24-,25+,26-/m1/s1. The van der Waals surface area contributed by atoms with Crippen LogP contribution in [0, 0.1) is 17.3 Å². The Morgan fingerprint density at radius 2 is 1.90 bits per heavy atom. The second-order valence-corrected chi connectivity index (χ2v) is 12.3. The van der Waals surface area contributed by atoms with Crippen LogP contribution in [0.25, 0.3) is 0 Å². The molecule has 8 nitrogen and oxygen atoms in total. The molecule has 2 N–H and O–H groups in total. The lowest BCUT2D eigenvalue weighted by Gasteiger charge is -2.41. The van der Waals surface area contributed by atoms with E-state index in [1.54, 1.807) is 0 Å². The number of carbonyl (C=O) groups is 3. The predicted octanol–water partition coefficient (Wildman–Crippen LogP) is 3.06. The van der Waals surface area contributed by atoms with E-state index >= 15 is 0 Å². The molecule has 39 heavy (non-hydrogen) atoms. The number of rotatable bonds is 4. The molecule has 212 valence electrons. The van der Waals surface area contributed by atoms with Crippen molar-refractivity contribution in [2.45, 2.75) is 70.9 Å². The Kier molecular flexibility index (Phi) is 8.72. The number of hydrogen-bond acceptors (Lipinski definition) is 5. The highest BCUT2D eigenvalue weighted by Crippen LogP contribution is 2.37. The lowest BCUT2D eigenvalue weighted by Crippen LogP contribution is -2.57. The fourth-order valence-electron chi connectivity index (χ4n) is 6.63. The number of nitrogens with zero attached hydrogens (tertiary/aromatic N) is 2. The number of piperidine rings is 1. The summed E-state index contributed by atoms with van der Waals surface area (Å²) in [5.74, 6) is 0.531. The summed E-state index contributed by atoms with van der Waals surface area (Å²) in [7, 11) is 0. The Morgan fingerprint density at radius 1 is 1.10 bits per heavy atom. The van der Waals surface area contributed by atoms with E-state index in [2.05, 4.69) is 47.6 Å². The first kappa shape index (κ1) is 27.8. The van der Waals surface area contributed by atoms with Gasteiger partial charge in [0, 0.05) is 30.8 Å². The van der Waals surface area contributed by atoms with Gasteiger partial charge in [0.1, 0.15) is 6.04 Å². The number of allylic oxidation sites excluding steroid dienone is 2. The maximum atomic E-state index is 13.9. The van der Waals surface area contributed by atoms with Crippen molar-refractivity contribution in [3.8, 4) is 0 Å². The highest BCUT2D eigenvalue weighted by molar-refractivity contribution is 5.97. The first-order valence-corrected chi connectivity index (χ1v) is 14.8. The van der Waals surface area contributed by atoms with Gasteiger partial charge >= 0.3 is 0 Å². The molecule has 0 aromatic heterocycles. The zero-order valence-electron chi connectivity index (χ0n) is 23.5. The Labute approximate surface area is 232 Å². The van der Waals surface area contributed by atoms with Crippen molar-refractivity contribution in [2.24, 2.45) is 17.3 Å². The highest BCUT2D eigenvalue weighted by atomic mass is 16.5. The van der Waals surface area contributed by atoms with E-state index in [0.717, 1.165) is 31.5 Å². The normalized spacial score (nSPS) is 28.6. The van der Waals surface area contributed by atoms with Crippen LogP contribution in [-0.4, -0.2) is 74.1 Å². The SMILES string of the molecule is CC(C)C[C@H]1NC(=O)C2(C/C=C\C[C@@H]3COCC[C@@H]3NC1=O)CCN(CC(=O)N1CCc3ccccc31)CC2. The van der Waals surface area contributed by atoms with Crippen LogP contribution in [0.2, 0.25) is 0 Å². The van der Waals surface area contributed by atoms with Crippen molar-refractivity contribution in [1.29, 1.82) is 0 Å². The molecule has 4 heterocycles. The van der Waals surface area contributed by atoms with Crippen LogP contribution in [0.1, 0.15) is 57.9 Å². The lowest BCUT2D eigenvalue weighted by molar-refractivity contribution is -0.138. The molecule has 1 spiro atoms. The third kappa shape index (κ3) is 6.38. The van der Waals surface area contributed by atoms with Gasteiger partial charge < -0.3 is 20.3 Å². The number of likely N-dealkylation sites (tertiary alicyclic amines) is 1. The van der Waals surface area contributed by atoms with E-state index in [9.17, 15) is 14.4 Å². The molecule has 2 fully saturated rings. The van der Waals surface area contributed by atoms with Gasteiger partial charge in [0.05, 0.1) is 18.6 Å². The van der Waals surface area contributed by atoms with Crippen LogP contribution < -0.4 is 15.5 Å². The van der Waals surface area contributed by atoms with E-state index in [1.807, 2.05) is 23.1 Å². The zero-order valence-corrected chi connectivity index (χ0v) is 23.5. The molecule has 0 saturated carbocycles. The summed E-state index contributed by atoms with van der Waals surface area (Å²) in [5, 5.41) is 6.42.